The number of ether oxygens (including phenoxy) is 1. The fourth-order valence-electron chi connectivity index (χ4n) is 4.62. The van der Waals surface area contributed by atoms with Gasteiger partial charge in [-0.3, -0.25) is 14.2 Å². The van der Waals surface area contributed by atoms with Gasteiger partial charge in [0.15, 0.2) is 5.16 Å². The average molecular weight is 506 g/mol. The molecule has 4 aromatic rings. The van der Waals surface area contributed by atoms with Crippen LogP contribution in [0, 0.1) is 0 Å². The molecular weight excluding hydrogens is 478 g/mol. The van der Waals surface area contributed by atoms with Crippen LogP contribution >= 0.6 is 11.8 Å². The van der Waals surface area contributed by atoms with Gasteiger partial charge >= 0.3 is 0 Å². The van der Waals surface area contributed by atoms with Crippen LogP contribution in [0.3, 0.4) is 0 Å². The van der Waals surface area contributed by atoms with Crippen LogP contribution in [0.15, 0.2) is 62.9 Å². The van der Waals surface area contributed by atoms with Gasteiger partial charge in [0.1, 0.15) is 5.75 Å². The van der Waals surface area contributed by atoms with Crippen molar-refractivity contribution in [3.63, 3.8) is 0 Å². The highest BCUT2D eigenvalue weighted by atomic mass is 32.2. The number of para-hydroxylation sites is 1. The number of benzene rings is 2. The van der Waals surface area contributed by atoms with Gasteiger partial charge in [-0.25, -0.2) is 4.98 Å². The number of rotatable bonds is 8. The van der Waals surface area contributed by atoms with Crippen LogP contribution in [-0.4, -0.2) is 38.5 Å². The molecule has 0 aliphatic heterocycles. The summed E-state index contributed by atoms with van der Waals surface area (Å²) in [6, 6.07) is 14.9. The van der Waals surface area contributed by atoms with Crippen molar-refractivity contribution in [2.75, 3.05) is 12.9 Å². The number of amides is 1. The Balaban J connectivity index is 1.34. The van der Waals surface area contributed by atoms with E-state index >= 15 is 0 Å². The van der Waals surface area contributed by atoms with Crippen LogP contribution in [0.4, 0.5) is 0 Å². The minimum absolute atomic E-state index is 0.00548. The first-order chi connectivity index (χ1) is 17.5. The van der Waals surface area contributed by atoms with Gasteiger partial charge in [-0.1, -0.05) is 23.9 Å². The molecule has 1 fully saturated rings. The summed E-state index contributed by atoms with van der Waals surface area (Å²) in [5, 5.41) is 9.78. The van der Waals surface area contributed by atoms with E-state index in [-0.39, 0.29) is 29.8 Å². The first kappa shape index (κ1) is 24.1. The average Bonchev–Trinajstić information content (AvgIpc) is 3.39. The van der Waals surface area contributed by atoms with Crippen LogP contribution in [0.1, 0.15) is 50.0 Å². The van der Waals surface area contributed by atoms with Crippen LogP contribution < -0.4 is 16.0 Å². The van der Waals surface area contributed by atoms with Crippen LogP contribution in [0.25, 0.3) is 22.4 Å². The van der Waals surface area contributed by atoms with Crippen molar-refractivity contribution in [1.29, 1.82) is 0 Å². The number of nitrogens with two attached hydrogens (primary N) is 1. The zero-order valence-corrected chi connectivity index (χ0v) is 20.7. The van der Waals surface area contributed by atoms with Gasteiger partial charge in [0.25, 0.3) is 5.56 Å². The maximum atomic E-state index is 13.5. The number of hydrogen-bond acceptors (Lipinski definition) is 8. The smallest absolute Gasteiger partial charge is 0.262 e. The number of hydrogen-bond donors (Lipinski definition) is 1. The van der Waals surface area contributed by atoms with Crippen molar-refractivity contribution in [3.05, 3.63) is 64.8 Å². The Morgan fingerprint density at radius 1 is 1.11 bits per heavy atom. The topological polar surface area (TPSA) is 126 Å². The quantitative estimate of drug-likeness (QED) is 0.277. The van der Waals surface area contributed by atoms with E-state index in [1.807, 2.05) is 48.5 Å². The fourth-order valence-corrected chi connectivity index (χ4v) is 5.64. The second kappa shape index (κ2) is 10.5. The maximum absolute atomic E-state index is 13.5. The predicted molar refractivity (Wildman–Crippen MR) is 137 cm³/mol. The first-order valence-corrected chi connectivity index (χ1v) is 12.9. The lowest BCUT2D eigenvalue weighted by atomic mass is 9.86. The molecule has 1 amide bonds. The molecule has 0 unspecified atom stereocenters. The summed E-state index contributed by atoms with van der Waals surface area (Å²) in [5.41, 5.74) is 6.76. The third-order valence-corrected chi connectivity index (χ3v) is 7.50. The zero-order chi connectivity index (χ0) is 25.1. The van der Waals surface area contributed by atoms with E-state index in [1.54, 1.807) is 11.7 Å². The number of aromatic nitrogens is 4. The molecule has 0 bridgehead atoms. The molecule has 2 heterocycles. The van der Waals surface area contributed by atoms with E-state index in [0.29, 0.717) is 33.6 Å². The third-order valence-electron chi connectivity index (χ3n) is 6.54. The molecule has 36 heavy (non-hydrogen) atoms. The van der Waals surface area contributed by atoms with Crippen molar-refractivity contribution in [3.8, 4) is 17.2 Å². The summed E-state index contributed by atoms with van der Waals surface area (Å²) in [5.74, 6) is 2.12. The van der Waals surface area contributed by atoms with Gasteiger partial charge < -0.3 is 14.9 Å². The second-order valence-electron chi connectivity index (χ2n) is 8.83. The summed E-state index contributed by atoms with van der Waals surface area (Å²) in [6.07, 6.45) is 3.44. The molecule has 1 aliphatic carbocycles. The molecule has 1 aliphatic rings. The molecule has 0 saturated heterocycles. The number of fused-ring (bicyclic) bond motifs is 1. The molecular formula is C26H27N5O4S. The number of thioether (sulfide) groups is 1. The summed E-state index contributed by atoms with van der Waals surface area (Å²) in [4.78, 5) is 29.5. The summed E-state index contributed by atoms with van der Waals surface area (Å²) in [7, 11) is 1.63. The fraction of sp³-hybridized carbons (Fsp3) is 0.346. The minimum Gasteiger partial charge on any atom is -0.497 e. The minimum atomic E-state index is -0.369. The van der Waals surface area contributed by atoms with Crippen molar-refractivity contribution >= 4 is 28.6 Å². The first-order valence-electron chi connectivity index (χ1n) is 11.9. The molecule has 2 aromatic carbocycles. The second-order valence-corrected chi connectivity index (χ2v) is 9.89. The van der Waals surface area contributed by atoms with Crippen LogP contribution in [-0.2, 0) is 4.79 Å². The van der Waals surface area contributed by atoms with Crippen molar-refractivity contribution in [2.45, 2.75) is 49.2 Å². The summed E-state index contributed by atoms with van der Waals surface area (Å²) >= 11 is 1.40. The van der Waals surface area contributed by atoms with Gasteiger partial charge in [-0.15, -0.1) is 10.2 Å². The molecule has 186 valence electrons. The monoisotopic (exact) mass is 505 g/mol. The van der Waals surface area contributed by atoms with Gasteiger partial charge in [-0.05, 0) is 62.1 Å². The highest BCUT2D eigenvalue weighted by Gasteiger charge is 2.29. The van der Waals surface area contributed by atoms with Gasteiger partial charge in [0, 0.05) is 29.7 Å². The lowest BCUT2D eigenvalue weighted by Gasteiger charge is -2.29. The zero-order valence-electron chi connectivity index (χ0n) is 19.9. The molecule has 2 N–H and O–H groups in total. The normalized spacial score (nSPS) is 17.8. The van der Waals surface area contributed by atoms with Gasteiger partial charge in [-0.2, -0.15) is 0 Å². The van der Waals surface area contributed by atoms with Crippen molar-refractivity contribution < 1.29 is 13.9 Å². The molecule has 1 saturated carbocycles. The lowest BCUT2D eigenvalue weighted by molar-refractivity contribution is -0.117. The molecule has 0 radical (unpaired) electrons. The van der Waals surface area contributed by atoms with E-state index in [0.717, 1.165) is 37.0 Å². The third kappa shape index (κ3) is 4.99. The highest BCUT2D eigenvalue weighted by molar-refractivity contribution is 7.99. The number of carbonyl (C=O) groups excluding carboxylic acids is 1. The van der Waals surface area contributed by atoms with E-state index in [2.05, 4.69) is 10.2 Å². The molecule has 5 rings (SSSR count). The van der Waals surface area contributed by atoms with Crippen LogP contribution in [0.2, 0.25) is 0 Å². The standard InChI is InChI=1S/C26H27N5O4S/c1-34-19-12-8-17(9-13-19)24-30-29-23(35-24)16-6-10-18(11-7-16)31-25(33)20-4-2-3-5-21(20)28-26(31)36-15-14-22(27)32/h2-5,8-9,12-13,16,18H,6-7,10-11,14-15H2,1H3,(H2,27,32). The summed E-state index contributed by atoms with van der Waals surface area (Å²) in [6.45, 7) is 0. The number of nitrogens with zero attached hydrogens (tertiary/aromatic N) is 4. The SMILES string of the molecule is COc1ccc(-c2nnc(C3CCC(n4c(SCCC(N)=O)nc5ccccc5c4=O)CC3)o2)cc1. The van der Waals surface area contributed by atoms with Gasteiger partial charge in [0.05, 0.1) is 18.0 Å². The maximum Gasteiger partial charge on any atom is 0.262 e. The van der Waals surface area contributed by atoms with E-state index in [9.17, 15) is 9.59 Å². The Morgan fingerprint density at radius 2 is 1.86 bits per heavy atom. The molecule has 9 nitrogen and oxygen atoms in total. The Kier molecular flexibility index (Phi) is 7.04. The van der Waals surface area contributed by atoms with E-state index in [4.69, 9.17) is 19.9 Å². The van der Waals surface area contributed by atoms with Gasteiger partial charge in [0.2, 0.25) is 17.7 Å². The highest BCUT2D eigenvalue weighted by Crippen LogP contribution is 2.39. The number of carbonyl (C=O) groups is 1. The van der Waals surface area contributed by atoms with E-state index < -0.39 is 0 Å². The number of primary amides is 1. The largest absolute Gasteiger partial charge is 0.497 e. The van der Waals surface area contributed by atoms with E-state index in [1.165, 1.54) is 11.8 Å². The predicted octanol–water partition coefficient (Wildman–Crippen LogP) is 4.32. The molecule has 0 atom stereocenters. The Labute approximate surface area is 212 Å². The van der Waals surface area contributed by atoms with Crippen molar-refractivity contribution in [2.24, 2.45) is 5.73 Å². The van der Waals surface area contributed by atoms with Crippen LogP contribution in [0.5, 0.6) is 5.75 Å². The lowest BCUT2D eigenvalue weighted by Crippen LogP contribution is -2.30. The molecule has 0 spiro atoms. The van der Waals surface area contributed by atoms with Crippen molar-refractivity contribution in [1.82, 2.24) is 19.7 Å². The number of methoxy groups -OCH3 is 1. The Hall–Kier alpha value is -3.66. The molecule has 2 aromatic heterocycles. The Morgan fingerprint density at radius 3 is 2.58 bits per heavy atom. The Bertz CT molecular complexity index is 1420. The summed E-state index contributed by atoms with van der Waals surface area (Å²) < 4.78 is 13.0. The molecule has 10 heteroatoms.